The summed E-state index contributed by atoms with van der Waals surface area (Å²) in [6, 6.07) is 11.8. The van der Waals surface area contributed by atoms with Crippen LogP contribution in [0, 0.1) is 10.8 Å². The molecule has 0 spiro atoms. The molecule has 1 heterocycles. The summed E-state index contributed by atoms with van der Waals surface area (Å²) in [5.41, 5.74) is 5.88. The molecule has 0 atom stereocenters. The lowest BCUT2D eigenvalue weighted by Gasteiger charge is -2.18. The SMILES string of the molecule is CCCNc1ccc(-c2cccc3c2NCCC(=O)N3)cc1C(=N)/C(C=N)=C/NC. The number of benzene rings is 2. The lowest BCUT2D eigenvalue weighted by molar-refractivity contribution is -0.115. The normalized spacial score (nSPS) is 13.4. The van der Waals surface area contributed by atoms with Gasteiger partial charge >= 0.3 is 0 Å². The van der Waals surface area contributed by atoms with Crippen molar-refractivity contribution in [1.29, 1.82) is 10.8 Å². The molecule has 0 saturated carbocycles. The van der Waals surface area contributed by atoms with E-state index in [0.29, 0.717) is 18.5 Å². The van der Waals surface area contributed by atoms with Gasteiger partial charge in [-0.2, -0.15) is 0 Å². The second-order valence-electron chi connectivity index (χ2n) is 7.05. The molecule has 7 nitrogen and oxygen atoms in total. The quantitative estimate of drug-likeness (QED) is 0.373. The van der Waals surface area contributed by atoms with E-state index in [4.69, 9.17) is 10.8 Å². The van der Waals surface area contributed by atoms with Crippen molar-refractivity contribution in [2.24, 2.45) is 0 Å². The maximum Gasteiger partial charge on any atom is 0.226 e. The third kappa shape index (κ3) is 4.51. The van der Waals surface area contributed by atoms with E-state index < -0.39 is 0 Å². The first-order chi connectivity index (χ1) is 14.6. The molecule has 2 aromatic carbocycles. The van der Waals surface area contributed by atoms with Gasteiger partial charge < -0.3 is 26.7 Å². The molecule has 1 aliphatic heterocycles. The fraction of sp³-hybridized carbons (Fsp3) is 0.261. The van der Waals surface area contributed by atoms with Crippen LogP contribution in [0.3, 0.4) is 0 Å². The van der Waals surface area contributed by atoms with Crippen LogP contribution in [0.2, 0.25) is 0 Å². The van der Waals surface area contributed by atoms with Gasteiger partial charge in [-0.25, -0.2) is 0 Å². The summed E-state index contributed by atoms with van der Waals surface area (Å²) in [5.74, 6) is -0.00666. The second kappa shape index (κ2) is 9.73. The summed E-state index contributed by atoms with van der Waals surface area (Å²) >= 11 is 0. The van der Waals surface area contributed by atoms with Crippen LogP contribution in [-0.4, -0.2) is 38.0 Å². The minimum absolute atomic E-state index is 0.00666. The van der Waals surface area contributed by atoms with Gasteiger partial charge in [0.2, 0.25) is 5.91 Å². The number of carbonyl (C=O) groups is 1. The van der Waals surface area contributed by atoms with Crippen molar-refractivity contribution in [3.05, 3.63) is 53.7 Å². The molecule has 2 aromatic rings. The zero-order chi connectivity index (χ0) is 21.5. The first-order valence-corrected chi connectivity index (χ1v) is 10.1. The van der Waals surface area contributed by atoms with Crippen LogP contribution in [0.15, 0.2) is 48.2 Å². The number of allylic oxidation sites excluding steroid dienone is 1. The Bertz CT molecular complexity index is 995. The molecule has 0 aliphatic carbocycles. The molecular formula is C23H28N6O. The Labute approximate surface area is 177 Å². The Morgan fingerprint density at radius 1 is 1.27 bits per heavy atom. The summed E-state index contributed by atoms with van der Waals surface area (Å²) in [6.45, 7) is 3.45. The number of hydrogen-bond acceptors (Lipinski definition) is 6. The molecule has 3 rings (SSSR count). The fourth-order valence-corrected chi connectivity index (χ4v) is 3.43. The minimum atomic E-state index is -0.00666. The first kappa shape index (κ1) is 21.1. The van der Waals surface area contributed by atoms with Gasteiger partial charge in [0.1, 0.15) is 0 Å². The topological polar surface area (TPSA) is 113 Å². The van der Waals surface area contributed by atoms with Crippen molar-refractivity contribution in [3.8, 4) is 11.1 Å². The van der Waals surface area contributed by atoms with Crippen molar-refractivity contribution >= 4 is 34.9 Å². The van der Waals surface area contributed by atoms with Crippen LogP contribution in [-0.2, 0) is 4.79 Å². The van der Waals surface area contributed by atoms with Gasteiger partial charge in [-0.05, 0) is 30.2 Å². The molecule has 1 aliphatic rings. The van der Waals surface area contributed by atoms with Gasteiger partial charge in [0.25, 0.3) is 0 Å². The van der Waals surface area contributed by atoms with Crippen molar-refractivity contribution in [1.82, 2.24) is 5.32 Å². The Kier molecular flexibility index (Phi) is 6.85. The van der Waals surface area contributed by atoms with E-state index in [2.05, 4.69) is 28.2 Å². The number of hydrogen-bond donors (Lipinski definition) is 6. The predicted molar refractivity (Wildman–Crippen MR) is 125 cm³/mol. The smallest absolute Gasteiger partial charge is 0.226 e. The Morgan fingerprint density at radius 2 is 2.10 bits per heavy atom. The molecule has 0 radical (unpaired) electrons. The van der Waals surface area contributed by atoms with Crippen molar-refractivity contribution in [2.45, 2.75) is 19.8 Å². The highest BCUT2D eigenvalue weighted by molar-refractivity contribution is 6.24. The van der Waals surface area contributed by atoms with Gasteiger partial charge in [-0.15, -0.1) is 0 Å². The number of nitrogens with one attached hydrogen (secondary N) is 6. The average molecular weight is 405 g/mol. The number of rotatable bonds is 8. The molecular weight excluding hydrogens is 376 g/mol. The third-order valence-corrected chi connectivity index (χ3v) is 4.90. The van der Waals surface area contributed by atoms with Crippen LogP contribution < -0.4 is 21.3 Å². The molecule has 1 amide bonds. The van der Waals surface area contributed by atoms with E-state index in [9.17, 15) is 4.79 Å². The summed E-state index contributed by atoms with van der Waals surface area (Å²) in [4.78, 5) is 11.9. The van der Waals surface area contributed by atoms with Gasteiger partial charge in [0.05, 0.1) is 17.1 Å². The van der Waals surface area contributed by atoms with Gasteiger partial charge in [0, 0.05) is 61.4 Å². The first-order valence-electron chi connectivity index (χ1n) is 10.1. The molecule has 0 saturated heterocycles. The monoisotopic (exact) mass is 404 g/mol. The van der Waals surface area contributed by atoms with E-state index in [0.717, 1.165) is 46.7 Å². The molecule has 0 bridgehead atoms. The summed E-state index contributed by atoms with van der Waals surface area (Å²) in [7, 11) is 1.75. The molecule has 6 N–H and O–H groups in total. The van der Waals surface area contributed by atoms with Crippen LogP contribution in [0.25, 0.3) is 11.1 Å². The Morgan fingerprint density at radius 3 is 2.83 bits per heavy atom. The highest BCUT2D eigenvalue weighted by Gasteiger charge is 2.18. The summed E-state index contributed by atoms with van der Waals surface area (Å²) in [6.07, 6.45) is 4.22. The van der Waals surface area contributed by atoms with Crippen LogP contribution >= 0.6 is 0 Å². The van der Waals surface area contributed by atoms with E-state index in [-0.39, 0.29) is 11.6 Å². The molecule has 0 fully saturated rings. The highest BCUT2D eigenvalue weighted by atomic mass is 16.1. The predicted octanol–water partition coefficient (Wildman–Crippen LogP) is 4.05. The number of fused-ring (bicyclic) bond motifs is 1. The maximum atomic E-state index is 11.9. The minimum Gasteiger partial charge on any atom is -0.393 e. The zero-order valence-electron chi connectivity index (χ0n) is 17.4. The van der Waals surface area contributed by atoms with E-state index in [1.165, 1.54) is 6.21 Å². The van der Waals surface area contributed by atoms with E-state index in [1.807, 2.05) is 36.4 Å². The zero-order valence-corrected chi connectivity index (χ0v) is 17.4. The highest BCUT2D eigenvalue weighted by Crippen LogP contribution is 2.37. The maximum absolute atomic E-state index is 11.9. The number of anilines is 3. The second-order valence-corrected chi connectivity index (χ2v) is 7.05. The largest absolute Gasteiger partial charge is 0.393 e. The molecule has 0 unspecified atom stereocenters. The summed E-state index contributed by atoms with van der Waals surface area (Å²) in [5, 5.41) is 29.0. The molecule has 0 aromatic heterocycles. The molecule has 7 heteroatoms. The van der Waals surface area contributed by atoms with Crippen molar-refractivity contribution in [3.63, 3.8) is 0 Å². The lowest BCUT2D eigenvalue weighted by Crippen LogP contribution is -2.12. The number of para-hydroxylation sites is 1. The van der Waals surface area contributed by atoms with E-state index >= 15 is 0 Å². The Hall–Kier alpha value is -3.61. The number of amides is 1. The van der Waals surface area contributed by atoms with E-state index in [1.54, 1.807) is 13.2 Å². The fourth-order valence-electron chi connectivity index (χ4n) is 3.43. The van der Waals surface area contributed by atoms with Crippen molar-refractivity contribution in [2.75, 3.05) is 36.1 Å². The van der Waals surface area contributed by atoms with Gasteiger partial charge in [0.15, 0.2) is 0 Å². The number of carbonyl (C=O) groups excluding carboxylic acids is 1. The summed E-state index contributed by atoms with van der Waals surface area (Å²) < 4.78 is 0. The van der Waals surface area contributed by atoms with Crippen LogP contribution in [0.4, 0.5) is 17.1 Å². The third-order valence-electron chi connectivity index (χ3n) is 4.90. The standard InChI is InChI=1S/C23H28N6O/c1-3-10-27-19-8-7-15(12-18(19)22(25)16(13-24)14-26-2)17-5-4-6-20-23(17)28-11-9-21(30)29-20/h4-8,12-14,24-28H,3,9-11H2,1-2H3,(H,29,30)/b16-14+,24-13?,25-22?. The van der Waals surface area contributed by atoms with Gasteiger partial charge in [-0.1, -0.05) is 25.1 Å². The average Bonchev–Trinajstić information content (AvgIpc) is 2.95. The Balaban J connectivity index is 2.11. The van der Waals surface area contributed by atoms with Crippen LogP contribution in [0.5, 0.6) is 0 Å². The molecule has 30 heavy (non-hydrogen) atoms. The lowest BCUT2D eigenvalue weighted by atomic mass is 9.95. The van der Waals surface area contributed by atoms with Gasteiger partial charge in [-0.3, -0.25) is 10.2 Å². The van der Waals surface area contributed by atoms with Crippen LogP contribution in [0.1, 0.15) is 25.3 Å². The molecule has 156 valence electrons. The van der Waals surface area contributed by atoms with Crippen molar-refractivity contribution < 1.29 is 4.79 Å².